The largest absolute Gasteiger partial charge is 0.387 e. The molecule has 3 nitrogen and oxygen atoms in total. The minimum atomic E-state index is -0.435. The van der Waals surface area contributed by atoms with Crippen LogP contribution in [0.2, 0.25) is 0 Å². The highest BCUT2D eigenvalue weighted by molar-refractivity contribution is 5.43. The summed E-state index contributed by atoms with van der Waals surface area (Å²) >= 11 is 0. The summed E-state index contributed by atoms with van der Waals surface area (Å²) in [4.78, 5) is 6.42. The van der Waals surface area contributed by atoms with Crippen LogP contribution in [0.1, 0.15) is 38.5 Å². The van der Waals surface area contributed by atoms with Gasteiger partial charge in [-0.05, 0) is 25.0 Å². The standard InChI is InChI=1S/C12H20N2O/c1-4-8-14(3)10-6-7-11(13-9-10)12(15)5-2/h6-7,9,12,15H,4-5,8H2,1-3H3/t12-/m0/s1. The molecule has 0 aliphatic carbocycles. The molecule has 0 aliphatic rings. The first-order valence-electron chi connectivity index (χ1n) is 5.54. The lowest BCUT2D eigenvalue weighted by atomic mass is 10.2. The minimum absolute atomic E-state index is 0.435. The number of nitrogens with zero attached hydrogens (tertiary/aromatic N) is 2. The molecule has 0 aromatic carbocycles. The second-order valence-electron chi connectivity index (χ2n) is 3.79. The van der Waals surface area contributed by atoms with Gasteiger partial charge < -0.3 is 10.0 Å². The van der Waals surface area contributed by atoms with Crippen LogP contribution in [0.25, 0.3) is 0 Å². The van der Waals surface area contributed by atoms with Gasteiger partial charge >= 0.3 is 0 Å². The summed E-state index contributed by atoms with van der Waals surface area (Å²) in [6.45, 7) is 5.12. The highest BCUT2D eigenvalue weighted by atomic mass is 16.3. The van der Waals surface area contributed by atoms with E-state index in [2.05, 4.69) is 23.9 Å². The van der Waals surface area contributed by atoms with Crippen LogP contribution in [-0.2, 0) is 0 Å². The van der Waals surface area contributed by atoms with Gasteiger partial charge in [0.15, 0.2) is 0 Å². The Balaban J connectivity index is 2.71. The van der Waals surface area contributed by atoms with Crippen molar-refractivity contribution in [2.24, 2.45) is 0 Å². The average Bonchev–Trinajstić information content (AvgIpc) is 2.28. The molecule has 0 fully saturated rings. The molecule has 1 N–H and O–H groups in total. The molecule has 0 amide bonds. The van der Waals surface area contributed by atoms with Crippen LogP contribution in [0.4, 0.5) is 5.69 Å². The van der Waals surface area contributed by atoms with Gasteiger partial charge in [-0.15, -0.1) is 0 Å². The lowest BCUT2D eigenvalue weighted by Crippen LogP contribution is -2.18. The molecular formula is C12H20N2O. The normalized spacial score (nSPS) is 12.5. The topological polar surface area (TPSA) is 36.4 Å². The number of aliphatic hydroxyl groups is 1. The van der Waals surface area contributed by atoms with Crippen molar-refractivity contribution in [2.75, 3.05) is 18.5 Å². The third-order valence-electron chi connectivity index (χ3n) is 2.50. The number of aliphatic hydroxyl groups excluding tert-OH is 1. The highest BCUT2D eigenvalue weighted by Gasteiger charge is 2.06. The van der Waals surface area contributed by atoms with Crippen molar-refractivity contribution < 1.29 is 5.11 Å². The number of pyridine rings is 1. The Bertz CT molecular complexity index is 284. The summed E-state index contributed by atoms with van der Waals surface area (Å²) in [5, 5.41) is 9.59. The Hall–Kier alpha value is -1.09. The smallest absolute Gasteiger partial charge is 0.0957 e. The van der Waals surface area contributed by atoms with E-state index < -0.39 is 6.10 Å². The third kappa shape index (κ3) is 3.20. The van der Waals surface area contributed by atoms with E-state index in [9.17, 15) is 5.11 Å². The fourth-order valence-corrected chi connectivity index (χ4v) is 1.49. The van der Waals surface area contributed by atoms with Crippen molar-refractivity contribution in [3.63, 3.8) is 0 Å². The molecule has 0 unspecified atom stereocenters. The third-order valence-corrected chi connectivity index (χ3v) is 2.50. The van der Waals surface area contributed by atoms with Crippen LogP contribution >= 0.6 is 0 Å². The molecule has 1 rings (SSSR count). The first-order valence-corrected chi connectivity index (χ1v) is 5.54. The van der Waals surface area contributed by atoms with Crippen molar-refractivity contribution >= 4 is 5.69 Å². The predicted molar refractivity (Wildman–Crippen MR) is 63.0 cm³/mol. The van der Waals surface area contributed by atoms with Gasteiger partial charge in [-0.1, -0.05) is 13.8 Å². The minimum Gasteiger partial charge on any atom is -0.387 e. The van der Waals surface area contributed by atoms with Gasteiger partial charge in [0.05, 0.1) is 23.7 Å². The fourth-order valence-electron chi connectivity index (χ4n) is 1.49. The predicted octanol–water partition coefficient (Wildman–Crippen LogP) is 2.37. The van der Waals surface area contributed by atoms with Crippen LogP contribution in [-0.4, -0.2) is 23.7 Å². The maximum absolute atomic E-state index is 9.59. The van der Waals surface area contributed by atoms with E-state index in [1.54, 1.807) is 0 Å². The van der Waals surface area contributed by atoms with Crippen LogP contribution in [0.5, 0.6) is 0 Å². The van der Waals surface area contributed by atoms with E-state index in [1.165, 1.54) is 0 Å². The van der Waals surface area contributed by atoms with E-state index in [0.717, 1.165) is 24.3 Å². The van der Waals surface area contributed by atoms with Crippen molar-refractivity contribution in [1.82, 2.24) is 4.98 Å². The number of anilines is 1. The molecule has 1 atom stereocenters. The monoisotopic (exact) mass is 208 g/mol. The molecule has 1 aromatic heterocycles. The summed E-state index contributed by atoms with van der Waals surface area (Å²) in [5.74, 6) is 0. The van der Waals surface area contributed by atoms with E-state index >= 15 is 0 Å². The molecule has 1 heterocycles. The Morgan fingerprint density at radius 2 is 2.13 bits per heavy atom. The van der Waals surface area contributed by atoms with Crippen molar-refractivity contribution in [1.29, 1.82) is 0 Å². The lowest BCUT2D eigenvalue weighted by molar-refractivity contribution is 0.169. The van der Waals surface area contributed by atoms with E-state index in [0.29, 0.717) is 6.42 Å². The number of hydrogen-bond acceptors (Lipinski definition) is 3. The van der Waals surface area contributed by atoms with Crippen LogP contribution in [0.3, 0.4) is 0 Å². The second-order valence-corrected chi connectivity index (χ2v) is 3.79. The maximum atomic E-state index is 9.59. The zero-order valence-corrected chi connectivity index (χ0v) is 9.77. The van der Waals surface area contributed by atoms with Gasteiger partial charge in [0.2, 0.25) is 0 Å². The first kappa shape index (κ1) is 12.0. The Morgan fingerprint density at radius 1 is 1.40 bits per heavy atom. The fraction of sp³-hybridized carbons (Fsp3) is 0.583. The van der Waals surface area contributed by atoms with Gasteiger partial charge in [-0.3, -0.25) is 4.98 Å². The maximum Gasteiger partial charge on any atom is 0.0957 e. The molecule has 0 spiro atoms. The van der Waals surface area contributed by atoms with Crippen LogP contribution in [0.15, 0.2) is 18.3 Å². The molecule has 15 heavy (non-hydrogen) atoms. The molecule has 0 bridgehead atoms. The lowest BCUT2D eigenvalue weighted by Gasteiger charge is -2.18. The Labute approximate surface area is 91.8 Å². The van der Waals surface area contributed by atoms with Gasteiger partial charge in [-0.25, -0.2) is 0 Å². The van der Waals surface area contributed by atoms with Gasteiger partial charge in [0.25, 0.3) is 0 Å². The molecule has 0 saturated heterocycles. The van der Waals surface area contributed by atoms with Gasteiger partial charge in [0.1, 0.15) is 0 Å². The molecule has 0 aliphatic heterocycles. The molecular weight excluding hydrogens is 188 g/mol. The van der Waals surface area contributed by atoms with Crippen LogP contribution < -0.4 is 4.90 Å². The number of aromatic nitrogens is 1. The summed E-state index contributed by atoms with van der Waals surface area (Å²) in [7, 11) is 2.05. The zero-order valence-electron chi connectivity index (χ0n) is 9.77. The molecule has 0 radical (unpaired) electrons. The molecule has 1 aromatic rings. The van der Waals surface area contributed by atoms with E-state index in [1.807, 2.05) is 25.3 Å². The molecule has 84 valence electrons. The summed E-state index contributed by atoms with van der Waals surface area (Å²) in [6, 6.07) is 3.91. The highest BCUT2D eigenvalue weighted by Crippen LogP contribution is 2.17. The van der Waals surface area contributed by atoms with Gasteiger partial charge in [-0.2, -0.15) is 0 Å². The average molecular weight is 208 g/mol. The van der Waals surface area contributed by atoms with E-state index in [-0.39, 0.29) is 0 Å². The summed E-state index contributed by atoms with van der Waals surface area (Å²) in [6.07, 6.45) is 3.21. The first-order chi connectivity index (χ1) is 7.19. The SMILES string of the molecule is CCCN(C)c1ccc([C@@H](O)CC)nc1. The second kappa shape index (κ2) is 5.71. The number of rotatable bonds is 5. The zero-order chi connectivity index (χ0) is 11.3. The quantitative estimate of drug-likeness (QED) is 0.807. The Kier molecular flexibility index (Phi) is 4.56. The Morgan fingerprint density at radius 3 is 2.60 bits per heavy atom. The molecule has 3 heteroatoms. The summed E-state index contributed by atoms with van der Waals surface area (Å²) < 4.78 is 0. The molecule has 0 saturated carbocycles. The summed E-state index contributed by atoms with van der Waals surface area (Å²) in [5.41, 5.74) is 1.86. The van der Waals surface area contributed by atoms with Crippen molar-refractivity contribution in [3.05, 3.63) is 24.0 Å². The van der Waals surface area contributed by atoms with Crippen LogP contribution in [0, 0.1) is 0 Å². The van der Waals surface area contributed by atoms with Gasteiger partial charge in [0, 0.05) is 13.6 Å². The number of hydrogen-bond donors (Lipinski definition) is 1. The van der Waals surface area contributed by atoms with E-state index in [4.69, 9.17) is 0 Å². The van der Waals surface area contributed by atoms with Crippen molar-refractivity contribution in [3.8, 4) is 0 Å². The van der Waals surface area contributed by atoms with Crippen molar-refractivity contribution in [2.45, 2.75) is 32.8 Å².